The molecule has 0 radical (unpaired) electrons. The van der Waals surface area contributed by atoms with Crippen LogP contribution >= 0.6 is 0 Å². The van der Waals surface area contributed by atoms with Gasteiger partial charge in [-0.2, -0.15) is 5.10 Å². The van der Waals surface area contributed by atoms with Crippen LogP contribution in [0.15, 0.2) is 12.4 Å². The highest BCUT2D eigenvalue weighted by Gasteiger charge is 2.27. The third kappa shape index (κ3) is 4.10. The molecular formula is C14H28N4. The highest BCUT2D eigenvalue weighted by molar-refractivity contribution is 5.13. The molecule has 0 spiro atoms. The minimum absolute atomic E-state index is 0.140. The molecule has 1 aromatic heterocycles. The molecule has 0 aliphatic heterocycles. The van der Waals surface area contributed by atoms with Crippen molar-refractivity contribution in [3.8, 4) is 0 Å². The van der Waals surface area contributed by atoms with Crippen LogP contribution in [0, 0.1) is 5.41 Å². The Balaban J connectivity index is 2.92. The van der Waals surface area contributed by atoms with E-state index in [1.165, 1.54) is 5.56 Å². The summed E-state index contributed by atoms with van der Waals surface area (Å²) in [5.41, 5.74) is 7.77. The van der Waals surface area contributed by atoms with E-state index < -0.39 is 0 Å². The van der Waals surface area contributed by atoms with Crippen LogP contribution in [0.1, 0.15) is 45.7 Å². The molecular weight excluding hydrogens is 224 g/mol. The van der Waals surface area contributed by atoms with E-state index in [0.29, 0.717) is 0 Å². The molecule has 1 rings (SSSR count). The Bertz CT molecular complexity index is 364. The van der Waals surface area contributed by atoms with E-state index in [9.17, 15) is 0 Å². The quantitative estimate of drug-likeness (QED) is 0.873. The van der Waals surface area contributed by atoms with Gasteiger partial charge in [-0.3, -0.25) is 9.58 Å². The first-order valence-electron chi connectivity index (χ1n) is 6.69. The van der Waals surface area contributed by atoms with Gasteiger partial charge in [-0.05, 0) is 18.9 Å². The molecule has 104 valence electrons. The number of aromatic nitrogens is 2. The van der Waals surface area contributed by atoms with Crippen molar-refractivity contribution in [3.63, 3.8) is 0 Å². The first-order chi connectivity index (χ1) is 8.24. The predicted octanol–water partition coefficient (Wildman–Crippen LogP) is 2.18. The fourth-order valence-electron chi connectivity index (χ4n) is 2.49. The first kappa shape index (κ1) is 15.2. The lowest BCUT2D eigenvalue weighted by atomic mass is 9.92. The van der Waals surface area contributed by atoms with Crippen molar-refractivity contribution in [2.75, 3.05) is 13.6 Å². The lowest BCUT2D eigenvalue weighted by molar-refractivity contribution is 0.151. The van der Waals surface area contributed by atoms with E-state index in [1.807, 2.05) is 17.9 Å². The number of hydrogen-bond acceptors (Lipinski definition) is 3. The van der Waals surface area contributed by atoms with Crippen molar-refractivity contribution in [3.05, 3.63) is 18.0 Å². The molecule has 2 atom stereocenters. The fraction of sp³-hybridized carbons (Fsp3) is 0.786. The van der Waals surface area contributed by atoms with Gasteiger partial charge in [0, 0.05) is 31.4 Å². The number of rotatable bonds is 5. The van der Waals surface area contributed by atoms with Crippen molar-refractivity contribution >= 4 is 0 Å². The third-order valence-corrected chi connectivity index (χ3v) is 3.14. The van der Waals surface area contributed by atoms with Crippen LogP contribution in [0.2, 0.25) is 0 Å². The highest BCUT2D eigenvalue weighted by Crippen LogP contribution is 2.27. The van der Waals surface area contributed by atoms with Crippen molar-refractivity contribution in [2.45, 2.75) is 46.2 Å². The van der Waals surface area contributed by atoms with Crippen LogP contribution < -0.4 is 5.73 Å². The number of hydrogen-bond donors (Lipinski definition) is 1. The maximum absolute atomic E-state index is 6.30. The molecule has 0 fully saturated rings. The van der Waals surface area contributed by atoms with Crippen LogP contribution in [-0.2, 0) is 7.05 Å². The zero-order valence-corrected chi connectivity index (χ0v) is 12.6. The zero-order valence-electron chi connectivity index (χ0n) is 12.6. The largest absolute Gasteiger partial charge is 0.326 e. The number of likely N-dealkylation sites (N-methyl/N-ethyl adjacent to an activating group) is 1. The van der Waals surface area contributed by atoms with Gasteiger partial charge in [0.2, 0.25) is 0 Å². The summed E-state index contributed by atoms with van der Waals surface area (Å²) in [7, 11) is 4.10. The minimum atomic E-state index is 0.140. The van der Waals surface area contributed by atoms with Crippen LogP contribution in [0.25, 0.3) is 0 Å². The van der Waals surface area contributed by atoms with E-state index >= 15 is 0 Å². The molecule has 0 aliphatic carbocycles. The van der Waals surface area contributed by atoms with Gasteiger partial charge < -0.3 is 5.73 Å². The standard InChI is InChI=1S/C14H28N4/c1-7-12(15)13(11-8-16-18(6)9-11)17(5)10-14(2,3)4/h8-9,12-13H,7,10,15H2,1-6H3. The SMILES string of the molecule is CCC(N)C(c1cnn(C)c1)N(C)CC(C)(C)C. The fourth-order valence-corrected chi connectivity index (χ4v) is 2.49. The van der Waals surface area contributed by atoms with E-state index in [0.717, 1.165) is 13.0 Å². The minimum Gasteiger partial charge on any atom is -0.326 e. The van der Waals surface area contributed by atoms with E-state index in [-0.39, 0.29) is 17.5 Å². The summed E-state index contributed by atoms with van der Waals surface area (Å²) in [6.07, 6.45) is 4.97. The van der Waals surface area contributed by atoms with Gasteiger partial charge >= 0.3 is 0 Å². The molecule has 1 heterocycles. The summed E-state index contributed by atoms with van der Waals surface area (Å²) in [6, 6.07) is 0.379. The Morgan fingerprint density at radius 1 is 1.44 bits per heavy atom. The van der Waals surface area contributed by atoms with Gasteiger partial charge in [0.05, 0.1) is 12.2 Å². The Morgan fingerprint density at radius 3 is 2.44 bits per heavy atom. The lowest BCUT2D eigenvalue weighted by Gasteiger charge is -2.36. The van der Waals surface area contributed by atoms with E-state index in [2.05, 4.69) is 50.9 Å². The molecule has 0 saturated carbocycles. The van der Waals surface area contributed by atoms with Gasteiger partial charge in [0.25, 0.3) is 0 Å². The van der Waals surface area contributed by atoms with Crippen LogP contribution in [0.5, 0.6) is 0 Å². The number of nitrogens with two attached hydrogens (primary N) is 1. The summed E-state index contributed by atoms with van der Waals surface area (Å²) in [6.45, 7) is 9.91. The Kier molecular flexibility index (Phi) is 4.93. The average molecular weight is 252 g/mol. The molecule has 1 aromatic rings. The maximum Gasteiger partial charge on any atom is 0.0538 e. The molecule has 4 heteroatoms. The van der Waals surface area contributed by atoms with Gasteiger partial charge in [-0.25, -0.2) is 0 Å². The second-order valence-electron chi connectivity index (χ2n) is 6.44. The summed E-state index contributed by atoms with van der Waals surface area (Å²) >= 11 is 0. The second kappa shape index (κ2) is 5.85. The van der Waals surface area contributed by atoms with Gasteiger partial charge in [-0.1, -0.05) is 27.7 Å². The summed E-state index contributed by atoms with van der Waals surface area (Å²) in [4.78, 5) is 2.35. The highest BCUT2D eigenvalue weighted by atomic mass is 15.2. The molecule has 18 heavy (non-hydrogen) atoms. The molecule has 0 aromatic carbocycles. The summed E-state index contributed by atoms with van der Waals surface area (Å²) < 4.78 is 1.84. The second-order valence-corrected chi connectivity index (χ2v) is 6.44. The molecule has 2 N–H and O–H groups in total. The molecule has 0 saturated heterocycles. The van der Waals surface area contributed by atoms with Gasteiger partial charge in [0.15, 0.2) is 0 Å². The number of nitrogens with zero attached hydrogens (tertiary/aromatic N) is 3. The first-order valence-corrected chi connectivity index (χ1v) is 6.69. The Labute approximate surface area is 111 Å². The molecule has 2 unspecified atom stereocenters. The van der Waals surface area contributed by atoms with Crippen LogP contribution in [0.4, 0.5) is 0 Å². The lowest BCUT2D eigenvalue weighted by Crippen LogP contribution is -2.42. The van der Waals surface area contributed by atoms with Crippen molar-refractivity contribution < 1.29 is 0 Å². The van der Waals surface area contributed by atoms with E-state index in [1.54, 1.807) is 0 Å². The number of aryl methyl sites for hydroxylation is 1. The molecule has 0 amide bonds. The van der Waals surface area contributed by atoms with Gasteiger partial charge in [-0.15, -0.1) is 0 Å². The Morgan fingerprint density at radius 2 is 2.06 bits per heavy atom. The van der Waals surface area contributed by atoms with Crippen molar-refractivity contribution in [1.82, 2.24) is 14.7 Å². The average Bonchev–Trinajstić information content (AvgIpc) is 2.62. The van der Waals surface area contributed by atoms with E-state index in [4.69, 9.17) is 5.73 Å². The monoisotopic (exact) mass is 252 g/mol. The topological polar surface area (TPSA) is 47.1 Å². The van der Waals surface area contributed by atoms with Crippen molar-refractivity contribution in [2.24, 2.45) is 18.2 Å². The van der Waals surface area contributed by atoms with Gasteiger partial charge in [0.1, 0.15) is 0 Å². The predicted molar refractivity (Wildman–Crippen MR) is 76.3 cm³/mol. The van der Waals surface area contributed by atoms with Crippen LogP contribution in [-0.4, -0.2) is 34.3 Å². The van der Waals surface area contributed by atoms with Crippen molar-refractivity contribution in [1.29, 1.82) is 0 Å². The molecule has 0 aliphatic rings. The summed E-state index contributed by atoms with van der Waals surface area (Å²) in [5, 5.41) is 4.27. The zero-order chi connectivity index (χ0) is 13.9. The molecule has 4 nitrogen and oxygen atoms in total. The van der Waals surface area contributed by atoms with Crippen LogP contribution in [0.3, 0.4) is 0 Å². The third-order valence-electron chi connectivity index (χ3n) is 3.14. The maximum atomic E-state index is 6.30. The summed E-state index contributed by atoms with van der Waals surface area (Å²) in [5.74, 6) is 0. The normalized spacial score (nSPS) is 16.0. The smallest absolute Gasteiger partial charge is 0.0538 e. The molecule has 0 bridgehead atoms. The Hall–Kier alpha value is -0.870.